The number of likely N-dealkylation sites (tertiary alicyclic amines) is 1. The number of hydrogen-bond acceptors (Lipinski definition) is 4. The molecule has 3 aromatic rings. The predicted molar refractivity (Wildman–Crippen MR) is 113 cm³/mol. The Labute approximate surface area is 175 Å². The Morgan fingerprint density at radius 2 is 1.80 bits per heavy atom. The molecule has 0 aliphatic carbocycles. The van der Waals surface area contributed by atoms with Gasteiger partial charge in [0.25, 0.3) is 0 Å². The number of amides is 2. The van der Waals surface area contributed by atoms with Crippen LogP contribution in [0.15, 0.2) is 67.3 Å². The summed E-state index contributed by atoms with van der Waals surface area (Å²) in [7, 11) is 0. The zero-order valence-electron chi connectivity index (χ0n) is 16.9. The van der Waals surface area contributed by atoms with Gasteiger partial charge < -0.3 is 10.2 Å². The molecule has 0 radical (unpaired) electrons. The number of carbonyl (C=O) groups is 2. The van der Waals surface area contributed by atoms with E-state index in [9.17, 15) is 9.59 Å². The standard InChI is InChI=1S/C23H25N5O2/c1-17(18-10-12-20(13-11-18)28-16-24-15-25-28)26-23(30)22(19-7-3-2-4-8-19)27-14-6-5-9-21(27)29/h2-4,7-8,10-13,15-17,22H,5-6,9,14H2,1H3,(H,26,30). The molecule has 1 aliphatic heterocycles. The van der Waals surface area contributed by atoms with Gasteiger partial charge in [-0.2, -0.15) is 5.10 Å². The first kappa shape index (κ1) is 19.8. The SMILES string of the molecule is CC(NC(=O)C(c1ccccc1)N1CCCCC1=O)c1ccc(-n2cncn2)cc1. The first-order chi connectivity index (χ1) is 14.6. The van der Waals surface area contributed by atoms with Gasteiger partial charge in [0.15, 0.2) is 0 Å². The van der Waals surface area contributed by atoms with E-state index < -0.39 is 6.04 Å². The van der Waals surface area contributed by atoms with E-state index in [1.54, 1.807) is 15.9 Å². The maximum atomic E-state index is 13.3. The third kappa shape index (κ3) is 4.25. The van der Waals surface area contributed by atoms with Crippen LogP contribution < -0.4 is 5.32 Å². The van der Waals surface area contributed by atoms with Crippen molar-refractivity contribution in [1.29, 1.82) is 0 Å². The van der Waals surface area contributed by atoms with E-state index in [-0.39, 0.29) is 17.9 Å². The summed E-state index contributed by atoms with van der Waals surface area (Å²) in [6.45, 7) is 2.55. The monoisotopic (exact) mass is 403 g/mol. The molecule has 0 spiro atoms. The number of piperidine rings is 1. The number of rotatable bonds is 6. The van der Waals surface area contributed by atoms with E-state index in [1.807, 2.05) is 61.5 Å². The average molecular weight is 403 g/mol. The van der Waals surface area contributed by atoms with Gasteiger partial charge in [-0.3, -0.25) is 9.59 Å². The van der Waals surface area contributed by atoms with Gasteiger partial charge >= 0.3 is 0 Å². The summed E-state index contributed by atoms with van der Waals surface area (Å²) in [4.78, 5) is 31.5. The van der Waals surface area contributed by atoms with E-state index in [0.29, 0.717) is 13.0 Å². The molecular formula is C23H25N5O2. The fourth-order valence-corrected chi connectivity index (χ4v) is 3.84. The van der Waals surface area contributed by atoms with Crippen LogP contribution in [-0.4, -0.2) is 38.0 Å². The second-order valence-corrected chi connectivity index (χ2v) is 7.52. The van der Waals surface area contributed by atoms with E-state index in [0.717, 1.165) is 29.7 Å². The van der Waals surface area contributed by atoms with Crippen LogP contribution in [0.5, 0.6) is 0 Å². The smallest absolute Gasteiger partial charge is 0.247 e. The molecule has 1 saturated heterocycles. The van der Waals surface area contributed by atoms with Crippen molar-refractivity contribution in [2.75, 3.05) is 6.54 Å². The lowest BCUT2D eigenvalue weighted by atomic mass is 9.99. The zero-order valence-corrected chi connectivity index (χ0v) is 16.9. The first-order valence-electron chi connectivity index (χ1n) is 10.2. The number of nitrogens with zero attached hydrogens (tertiary/aromatic N) is 4. The van der Waals surface area contributed by atoms with Crippen molar-refractivity contribution in [2.45, 2.75) is 38.3 Å². The molecule has 154 valence electrons. The molecule has 1 N–H and O–H groups in total. The van der Waals surface area contributed by atoms with Crippen LogP contribution in [0.2, 0.25) is 0 Å². The minimum Gasteiger partial charge on any atom is -0.347 e. The molecule has 7 heteroatoms. The number of benzene rings is 2. The van der Waals surface area contributed by atoms with Crippen molar-refractivity contribution < 1.29 is 9.59 Å². The molecule has 30 heavy (non-hydrogen) atoms. The molecule has 2 aromatic carbocycles. The number of carbonyl (C=O) groups excluding carboxylic acids is 2. The van der Waals surface area contributed by atoms with Gasteiger partial charge in [0.1, 0.15) is 18.7 Å². The zero-order chi connectivity index (χ0) is 20.9. The van der Waals surface area contributed by atoms with Crippen LogP contribution >= 0.6 is 0 Å². The molecule has 0 saturated carbocycles. The highest BCUT2D eigenvalue weighted by Crippen LogP contribution is 2.27. The third-order valence-electron chi connectivity index (χ3n) is 5.47. The molecule has 1 aromatic heterocycles. The van der Waals surface area contributed by atoms with E-state index in [2.05, 4.69) is 15.4 Å². The number of hydrogen-bond donors (Lipinski definition) is 1. The molecule has 4 rings (SSSR count). The molecule has 2 heterocycles. The van der Waals surface area contributed by atoms with Crippen LogP contribution in [0, 0.1) is 0 Å². The third-order valence-corrected chi connectivity index (χ3v) is 5.47. The fraction of sp³-hybridized carbons (Fsp3) is 0.304. The van der Waals surface area contributed by atoms with Gasteiger partial charge in [0, 0.05) is 13.0 Å². The maximum Gasteiger partial charge on any atom is 0.247 e. The Kier molecular flexibility index (Phi) is 5.88. The molecule has 2 atom stereocenters. The van der Waals surface area contributed by atoms with Gasteiger partial charge in [-0.05, 0) is 43.0 Å². The highest BCUT2D eigenvalue weighted by Gasteiger charge is 2.33. The molecule has 7 nitrogen and oxygen atoms in total. The van der Waals surface area contributed by atoms with Crippen LogP contribution in [-0.2, 0) is 9.59 Å². The Morgan fingerprint density at radius 1 is 1.03 bits per heavy atom. The molecule has 1 aliphatic rings. The van der Waals surface area contributed by atoms with Crippen LogP contribution in [0.3, 0.4) is 0 Å². The summed E-state index contributed by atoms with van der Waals surface area (Å²) in [5.74, 6) is -0.126. The van der Waals surface area contributed by atoms with E-state index in [1.165, 1.54) is 6.33 Å². The summed E-state index contributed by atoms with van der Waals surface area (Å²) in [5.41, 5.74) is 2.71. The summed E-state index contributed by atoms with van der Waals surface area (Å²) < 4.78 is 1.68. The topological polar surface area (TPSA) is 80.1 Å². The van der Waals surface area contributed by atoms with Crippen LogP contribution in [0.1, 0.15) is 49.4 Å². The van der Waals surface area contributed by atoms with Crippen molar-refractivity contribution in [1.82, 2.24) is 25.0 Å². The Bertz CT molecular complexity index is 986. The predicted octanol–water partition coefficient (Wildman–Crippen LogP) is 3.20. The largest absolute Gasteiger partial charge is 0.347 e. The first-order valence-corrected chi connectivity index (χ1v) is 10.2. The minimum absolute atomic E-state index is 0.0371. The van der Waals surface area contributed by atoms with Crippen LogP contribution in [0.4, 0.5) is 0 Å². The second-order valence-electron chi connectivity index (χ2n) is 7.52. The van der Waals surface area contributed by atoms with Crippen molar-refractivity contribution in [2.24, 2.45) is 0 Å². The van der Waals surface area contributed by atoms with Gasteiger partial charge in [0.05, 0.1) is 11.7 Å². The van der Waals surface area contributed by atoms with Gasteiger partial charge in [-0.25, -0.2) is 9.67 Å². The molecule has 2 amide bonds. The van der Waals surface area contributed by atoms with Gasteiger partial charge in [-0.1, -0.05) is 42.5 Å². The lowest BCUT2D eigenvalue weighted by Crippen LogP contribution is -2.46. The minimum atomic E-state index is -0.615. The quantitative estimate of drug-likeness (QED) is 0.685. The van der Waals surface area contributed by atoms with E-state index >= 15 is 0 Å². The van der Waals surface area contributed by atoms with Crippen molar-refractivity contribution in [3.63, 3.8) is 0 Å². The highest BCUT2D eigenvalue weighted by molar-refractivity contribution is 5.89. The molecular weight excluding hydrogens is 378 g/mol. The highest BCUT2D eigenvalue weighted by atomic mass is 16.2. The molecule has 0 bridgehead atoms. The summed E-state index contributed by atoms with van der Waals surface area (Å²) >= 11 is 0. The van der Waals surface area contributed by atoms with E-state index in [4.69, 9.17) is 0 Å². The Morgan fingerprint density at radius 3 is 2.47 bits per heavy atom. The maximum absolute atomic E-state index is 13.3. The summed E-state index contributed by atoms with van der Waals surface area (Å²) in [6.07, 6.45) is 5.42. The van der Waals surface area contributed by atoms with Crippen molar-refractivity contribution >= 4 is 11.8 Å². The molecule has 2 unspecified atom stereocenters. The normalized spacial score (nSPS) is 16.2. The average Bonchev–Trinajstić information content (AvgIpc) is 3.31. The van der Waals surface area contributed by atoms with Gasteiger partial charge in [0.2, 0.25) is 11.8 Å². The lowest BCUT2D eigenvalue weighted by molar-refractivity contribution is -0.143. The van der Waals surface area contributed by atoms with Crippen LogP contribution in [0.25, 0.3) is 5.69 Å². The summed E-state index contributed by atoms with van der Waals surface area (Å²) in [5, 5.41) is 7.22. The Hall–Kier alpha value is -3.48. The summed E-state index contributed by atoms with van der Waals surface area (Å²) in [6, 6.07) is 16.5. The molecule has 1 fully saturated rings. The fourth-order valence-electron chi connectivity index (χ4n) is 3.84. The van der Waals surface area contributed by atoms with Crippen molar-refractivity contribution in [3.8, 4) is 5.69 Å². The van der Waals surface area contributed by atoms with Gasteiger partial charge in [-0.15, -0.1) is 0 Å². The Balaban J connectivity index is 1.52. The lowest BCUT2D eigenvalue weighted by Gasteiger charge is -2.34. The number of aromatic nitrogens is 3. The number of nitrogens with one attached hydrogen (secondary N) is 1. The van der Waals surface area contributed by atoms with Crippen molar-refractivity contribution in [3.05, 3.63) is 78.4 Å². The second kappa shape index (κ2) is 8.90.